The molecule has 1 amide bonds. The number of rotatable bonds is 8. The van der Waals surface area contributed by atoms with E-state index in [-0.39, 0.29) is 23.7 Å². The SMILES string of the molecule is CC(=O)N1CCC(c2ccc(CNc3ccc(OCc4ccc(C(F)F)nc4)nn3)cc2)CC1(C)C. The standard InChI is InChI=1S/C27H31F2N5O2/c1-18(35)34-13-12-22(14-27(34,2)3)21-7-4-19(5-8-21)15-31-24-10-11-25(33-32-24)36-17-20-6-9-23(26(28)29)30-16-20/h4-11,16,22,26H,12-15,17H2,1-3H3,(H,31,32). The van der Waals surface area contributed by atoms with Crippen LogP contribution in [0.2, 0.25) is 0 Å². The molecule has 9 heteroatoms. The Kier molecular flexibility index (Phi) is 7.76. The minimum absolute atomic E-state index is 0.140. The van der Waals surface area contributed by atoms with Crippen LogP contribution in [0.5, 0.6) is 5.88 Å². The van der Waals surface area contributed by atoms with E-state index in [2.05, 4.69) is 58.6 Å². The van der Waals surface area contributed by atoms with Crippen LogP contribution in [-0.4, -0.2) is 38.1 Å². The third-order valence-electron chi connectivity index (χ3n) is 6.58. The molecule has 0 bridgehead atoms. The number of alkyl halides is 2. The molecule has 1 fully saturated rings. The van der Waals surface area contributed by atoms with Crippen molar-refractivity contribution in [3.05, 3.63) is 77.1 Å². The lowest BCUT2D eigenvalue weighted by atomic mass is 9.79. The average molecular weight is 496 g/mol. The van der Waals surface area contributed by atoms with Crippen LogP contribution in [0, 0.1) is 0 Å². The Morgan fingerprint density at radius 1 is 1.11 bits per heavy atom. The molecule has 1 N–H and O–H groups in total. The van der Waals surface area contributed by atoms with Gasteiger partial charge in [-0.25, -0.2) is 8.78 Å². The van der Waals surface area contributed by atoms with Gasteiger partial charge in [0.25, 0.3) is 6.43 Å². The lowest BCUT2D eigenvalue weighted by Crippen LogP contribution is -2.51. The van der Waals surface area contributed by atoms with Gasteiger partial charge in [0.1, 0.15) is 18.1 Å². The minimum atomic E-state index is -2.59. The highest BCUT2D eigenvalue weighted by molar-refractivity contribution is 5.74. The molecule has 1 aliphatic rings. The Bertz CT molecular complexity index is 1150. The maximum Gasteiger partial charge on any atom is 0.280 e. The van der Waals surface area contributed by atoms with Crippen LogP contribution in [0.3, 0.4) is 0 Å². The summed E-state index contributed by atoms with van der Waals surface area (Å²) in [5, 5.41) is 11.4. The van der Waals surface area contributed by atoms with E-state index in [1.807, 2.05) is 4.90 Å². The van der Waals surface area contributed by atoms with E-state index in [9.17, 15) is 13.6 Å². The first kappa shape index (κ1) is 25.5. The molecular weight excluding hydrogens is 464 g/mol. The number of anilines is 1. The first-order valence-electron chi connectivity index (χ1n) is 12.0. The van der Waals surface area contributed by atoms with Crippen LogP contribution in [0.15, 0.2) is 54.7 Å². The summed E-state index contributed by atoms with van der Waals surface area (Å²) in [5.41, 5.74) is 2.69. The normalized spacial score (nSPS) is 17.2. The maximum absolute atomic E-state index is 12.6. The van der Waals surface area contributed by atoms with Crippen molar-refractivity contribution in [2.75, 3.05) is 11.9 Å². The number of benzene rings is 1. The van der Waals surface area contributed by atoms with Gasteiger partial charge in [-0.15, -0.1) is 10.2 Å². The molecule has 1 aromatic carbocycles. The number of halogens is 2. The monoisotopic (exact) mass is 495 g/mol. The number of piperidine rings is 1. The van der Waals surface area contributed by atoms with Crippen molar-refractivity contribution in [3.8, 4) is 5.88 Å². The van der Waals surface area contributed by atoms with Gasteiger partial charge in [-0.1, -0.05) is 30.3 Å². The Hall–Kier alpha value is -3.62. The van der Waals surface area contributed by atoms with E-state index < -0.39 is 6.43 Å². The summed E-state index contributed by atoms with van der Waals surface area (Å²) in [6, 6.07) is 14.9. The molecule has 0 saturated carbocycles. The van der Waals surface area contributed by atoms with Crippen molar-refractivity contribution in [3.63, 3.8) is 0 Å². The summed E-state index contributed by atoms with van der Waals surface area (Å²) < 4.78 is 30.7. The molecule has 7 nitrogen and oxygen atoms in total. The predicted molar refractivity (Wildman–Crippen MR) is 133 cm³/mol. The number of likely N-dealkylation sites (tertiary alicyclic amines) is 1. The second-order valence-electron chi connectivity index (χ2n) is 9.71. The molecule has 1 atom stereocenters. The molecule has 3 aromatic rings. The smallest absolute Gasteiger partial charge is 0.280 e. The fourth-order valence-corrected chi connectivity index (χ4v) is 4.67. The molecule has 3 heterocycles. The highest BCUT2D eigenvalue weighted by atomic mass is 19.3. The fourth-order valence-electron chi connectivity index (χ4n) is 4.67. The fraction of sp³-hybridized carbons (Fsp3) is 0.407. The summed E-state index contributed by atoms with van der Waals surface area (Å²) in [6.45, 7) is 7.48. The van der Waals surface area contributed by atoms with E-state index >= 15 is 0 Å². The first-order chi connectivity index (χ1) is 17.2. The number of nitrogens with one attached hydrogen (secondary N) is 1. The molecule has 4 rings (SSSR count). The maximum atomic E-state index is 12.6. The summed E-state index contributed by atoms with van der Waals surface area (Å²) in [4.78, 5) is 17.6. The Labute approximate surface area is 209 Å². The van der Waals surface area contributed by atoms with Crippen LogP contribution < -0.4 is 10.1 Å². The molecule has 0 aliphatic carbocycles. The number of ether oxygens (including phenoxy) is 1. The topological polar surface area (TPSA) is 80.2 Å². The van der Waals surface area contributed by atoms with Crippen molar-refractivity contribution < 1.29 is 18.3 Å². The van der Waals surface area contributed by atoms with Gasteiger partial charge in [-0.05, 0) is 55.9 Å². The Balaban J connectivity index is 1.26. The van der Waals surface area contributed by atoms with Crippen molar-refractivity contribution in [2.45, 2.75) is 64.6 Å². The second-order valence-corrected chi connectivity index (χ2v) is 9.71. The summed E-state index contributed by atoms with van der Waals surface area (Å²) in [7, 11) is 0. The van der Waals surface area contributed by atoms with Crippen LogP contribution in [0.1, 0.15) is 68.3 Å². The zero-order valence-electron chi connectivity index (χ0n) is 20.7. The predicted octanol–water partition coefficient (Wildman–Crippen LogP) is 5.50. The summed E-state index contributed by atoms with van der Waals surface area (Å²) >= 11 is 0. The van der Waals surface area contributed by atoms with Crippen molar-refractivity contribution in [1.82, 2.24) is 20.1 Å². The van der Waals surface area contributed by atoms with Crippen LogP contribution in [0.4, 0.5) is 14.6 Å². The van der Waals surface area contributed by atoms with E-state index in [4.69, 9.17) is 4.74 Å². The second kappa shape index (κ2) is 11.0. The number of aromatic nitrogens is 3. The third-order valence-corrected chi connectivity index (χ3v) is 6.58. The van der Waals surface area contributed by atoms with Crippen molar-refractivity contribution in [2.24, 2.45) is 0 Å². The number of hydrogen-bond acceptors (Lipinski definition) is 6. The molecule has 36 heavy (non-hydrogen) atoms. The number of pyridine rings is 1. The first-order valence-corrected chi connectivity index (χ1v) is 12.0. The van der Waals surface area contributed by atoms with Crippen molar-refractivity contribution in [1.29, 1.82) is 0 Å². The number of hydrogen-bond donors (Lipinski definition) is 1. The van der Waals surface area contributed by atoms with Gasteiger partial charge in [0.05, 0.1) is 0 Å². The van der Waals surface area contributed by atoms with E-state index in [0.717, 1.165) is 24.9 Å². The minimum Gasteiger partial charge on any atom is -0.472 e. The third kappa shape index (κ3) is 6.33. The molecule has 1 aliphatic heterocycles. The molecular formula is C27H31F2N5O2. The van der Waals surface area contributed by atoms with Gasteiger partial charge in [0.2, 0.25) is 11.8 Å². The zero-order valence-corrected chi connectivity index (χ0v) is 20.7. The van der Waals surface area contributed by atoms with E-state index in [0.29, 0.717) is 29.7 Å². The van der Waals surface area contributed by atoms with Crippen LogP contribution in [0.25, 0.3) is 0 Å². The Morgan fingerprint density at radius 3 is 2.44 bits per heavy atom. The highest BCUT2D eigenvalue weighted by Gasteiger charge is 2.36. The van der Waals surface area contributed by atoms with Crippen molar-refractivity contribution >= 4 is 11.7 Å². The molecule has 1 saturated heterocycles. The van der Waals surface area contributed by atoms with E-state index in [1.165, 1.54) is 17.8 Å². The average Bonchev–Trinajstić information content (AvgIpc) is 2.86. The van der Waals surface area contributed by atoms with Gasteiger partial charge in [-0.3, -0.25) is 9.78 Å². The van der Waals surface area contributed by atoms with Gasteiger partial charge in [0, 0.05) is 43.4 Å². The largest absolute Gasteiger partial charge is 0.472 e. The van der Waals surface area contributed by atoms with Crippen LogP contribution >= 0.6 is 0 Å². The summed E-state index contributed by atoms with van der Waals surface area (Å²) in [5.74, 6) is 1.53. The number of carbonyl (C=O) groups excluding carboxylic acids is 1. The molecule has 1 unspecified atom stereocenters. The molecule has 190 valence electrons. The lowest BCUT2D eigenvalue weighted by Gasteiger charge is -2.45. The van der Waals surface area contributed by atoms with Crippen LogP contribution in [-0.2, 0) is 17.9 Å². The number of carbonyl (C=O) groups is 1. The lowest BCUT2D eigenvalue weighted by molar-refractivity contribution is -0.136. The quantitative estimate of drug-likeness (QED) is 0.444. The molecule has 0 radical (unpaired) electrons. The number of amides is 1. The Morgan fingerprint density at radius 2 is 1.86 bits per heavy atom. The highest BCUT2D eigenvalue weighted by Crippen LogP contribution is 2.37. The van der Waals surface area contributed by atoms with Gasteiger partial charge in [0.15, 0.2) is 0 Å². The summed E-state index contributed by atoms with van der Waals surface area (Å²) in [6.07, 6.45) is 0.702. The zero-order chi connectivity index (χ0) is 25.7. The number of nitrogens with zero attached hydrogens (tertiary/aromatic N) is 4. The van der Waals surface area contributed by atoms with Gasteiger partial charge >= 0.3 is 0 Å². The molecule has 0 spiro atoms. The van der Waals surface area contributed by atoms with Gasteiger partial charge < -0.3 is 15.0 Å². The molecule has 2 aromatic heterocycles. The van der Waals surface area contributed by atoms with E-state index in [1.54, 1.807) is 25.1 Å². The van der Waals surface area contributed by atoms with Gasteiger partial charge in [-0.2, -0.15) is 0 Å².